The van der Waals surface area contributed by atoms with Crippen molar-refractivity contribution in [2.24, 2.45) is 0 Å². The molecule has 0 unspecified atom stereocenters. The summed E-state index contributed by atoms with van der Waals surface area (Å²) < 4.78 is 5.19. The molecule has 0 atom stereocenters. The third-order valence-electron chi connectivity index (χ3n) is 2.75. The quantitative estimate of drug-likeness (QED) is 0.614. The molecule has 0 fully saturated rings. The van der Waals surface area contributed by atoms with Gasteiger partial charge in [-0.2, -0.15) is 0 Å². The second-order valence-electron chi connectivity index (χ2n) is 4.34. The normalized spacial score (nSPS) is 10.6. The highest BCUT2D eigenvalue weighted by atomic mass is 35.5. The zero-order chi connectivity index (χ0) is 15.4. The second-order valence-corrected chi connectivity index (χ2v) is 6.32. The van der Waals surface area contributed by atoms with Crippen molar-refractivity contribution in [3.63, 3.8) is 0 Å². The van der Waals surface area contributed by atoms with Crippen LogP contribution in [-0.4, -0.2) is 11.7 Å². The number of nitrogens with one attached hydrogen (secondary N) is 1. The molecule has 3 N–H and O–H groups in total. The van der Waals surface area contributed by atoms with Gasteiger partial charge in [0, 0.05) is 22.1 Å². The Bertz CT molecular complexity index is 635. The molecule has 0 aliphatic rings. The number of benzene rings is 1. The zero-order valence-electron chi connectivity index (χ0n) is 11.3. The number of aryl methyl sites for hydroxylation is 1. The Morgan fingerprint density at radius 2 is 2.19 bits per heavy atom. The first-order valence-electron chi connectivity index (χ1n) is 6.18. The number of halogens is 2. The summed E-state index contributed by atoms with van der Waals surface area (Å²) in [5.74, 6) is 1.34. The van der Waals surface area contributed by atoms with Crippen molar-refractivity contribution < 1.29 is 9.21 Å². The van der Waals surface area contributed by atoms with Gasteiger partial charge in [-0.05, 0) is 25.1 Å². The number of carbonyl (C=O) groups is 1. The lowest BCUT2D eigenvalue weighted by atomic mass is 10.2. The van der Waals surface area contributed by atoms with Crippen molar-refractivity contribution >= 4 is 52.2 Å². The Labute approximate surface area is 137 Å². The summed E-state index contributed by atoms with van der Waals surface area (Å²) in [5, 5.41) is 3.47. The molecule has 2 aromatic rings. The van der Waals surface area contributed by atoms with Gasteiger partial charge in [-0.3, -0.25) is 4.79 Å². The van der Waals surface area contributed by atoms with Crippen molar-refractivity contribution in [2.45, 2.75) is 18.2 Å². The molecule has 21 heavy (non-hydrogen) atoms. The van der Waals surface area contributed by atoms with E-state index in [0.29, 0.717) is 33.6 Å². The lowest BCUT2D eigenvalue weighted by molar-refractivity contribution is -0.115. The molecule has 2 rings (SSSR count). The highest BCUT2D eigenvalue weighted by Gasteiger charge is 2.11. The number of anilines is 2. The molecule has 112 valence electrons. The van der Waals surface area contributed by atoms with Crippen molar-refractivity contribution in [3.8, 4) is 0 Å². The van der Waals surface area contributed by atoms with Crippen molar-refractivity contribution in [3.05, 3.63) is 40.3 Å². The van der Waals surface area contributed by atoms with Crippen LogP contribution in [0.2, 0.25) is 10.0 Å². The number of thioether (sulfide) groups is 1. The van der Waals surface area contributed by atoms with Crippen LogP contribution in [0.15, 0.2) is 33.8 Å². The van der Waals surface area contributed by atoms with Gasteiger partial charge in [0.15, 0.2) is 0 Å². The van der Waals surface area contributed by atoms with E-state index in [9.17, 15) is 4.79 Å². The molecule has 1 amide bonds. The number of nitrogen functional groups attached to an aromatic ring is 1. The zero-order valence-corrected chi connectivity index (χ0v) is 13.6. The lowest BCUT2D eigenvalue weighted by Crippen LogP contribution is -2.14. The predicted octanol–water partition coefficient (Wildman–Crippen LogP) is 4.60. The first kappa shape index (κ1) is 16.1. The summed E-state index contributed by atoms with van der Waals surface area (Å²) in [4.78, 5) is 13.0. The lowest BCUT2D eigenvalue weighted by Gasteiger charge is -2.10. The van der Waals surface area contributed by atoms with Gasteiger partial charge in [0.25, 0.3) is 0 Å². The number of rotatable bonds is 5. The summed E-state index contributed by atoms with van der Waals surface area (Å²) in [6, 6.07) is 4.97. The first-order chi connectivity index (χ1) is 9.97. The monoisotopic (exact) mass is 344 g/mol. The maximum absolute atomic E-state index is 11.9. The molecule has 0 aliphatic carbocycles. The summed E-state index contributed by atoms with van der Waals surface area (Å²) in [7, 11) is 0. The van der Waals surface area contributed by atoms with Crippen molar-refractivity contribution in [1.29, 1.82) is 0 Å². The van der Waals surface area contributed by atoms with E-state index in [-0.39, 0.29) is 5.91 Å². The summed E-state index contributed by atoms with van der Waals surface area (Å²) in [6.07, 6.45) is 1.97. The van der Waals surface area contributed by atoms with Crippen LogP contribution in [0.1, 0.15) is 12.2 Å². The van der Waals surface area contributed by atoms with Crippen LogP contribution >= 0.6 is 35.0 Å². The van der Waals surface area contributed by atoms with E-state index in [2.05, 4.69) is 5.32 Å². The van der Waals surface area contributed by atoms with Gasteiger partial charge in [-0.15, -0.1) is 11.8 Å². The molecule has 0 aliphatic heterocycles. The number of furan rings is 1. The maximum Gasteiger partial charge on any atom is 0.225 e. The maximum atomic E-state index is 11.9. The third-order valence-corrected chi connectivity index (χ3v) is 4.41. The fourth-order valence-electron chi connectivity index (χ4n) is 1.70. The topological polar surface area (TPSA) is 68.3 Å². The fourth-order valence-corrected chi connectivity index (χ4v) is 3.17. The second kappa shape index (κ2) is 7.11. The number of nitrogens with two attached hydrogens (primary N) is 1. The number of hydrogen-bond acceptors (Lipinski definition) is 4. The molecule has 1 heterocycles. The average molecular weight is 345 g/mol. The molecule has 0 radical (unpaired) electrons. The van der Waals surface area contributed by atoms with E-state index >= 15 is 0 Å². The van der Waals surface area contributed by atoms with Gasteiger partial charge in [-0.1, -0.05) is 23.2 Å². The van der Waals surface area contributed by atoms with Gasteiger partial charge in [0.2, 0.25) is 5.91 Å². The Morgan fingerprint density at radius 1 is 1.43 bits per heavy atom. The van der Waals surface area contributed by atoms with Crippen molar-refractivity contribution in [1.82, 2.24) is 0 Å². The summed E-state index contributed by atoms with van der Waals surface area (Å²) in [6.45, 7) is 1.89. The molecule has 1 aromatic carbocycles. The van der Waals surface area contributed by atoms with Gasteiger partial charge >= 0.3 is 0 Å². The van der Waals surface area contributed by atoms with Crippen LogP contribution in [0.25, 0.3) is 0 Å². The van der Waals surface area contributed by atoms with Crippen LogP contribution in [0, 0.1) is 6.92 Å². The van der Waals surface area contributed by atoms with Crippen LogP contribution in [0.3, 0.4) is 0 Å². The minimum atomic E-state index is -0.153. The Hall–Kier alpha value is -1.30. The van der Waals surface area contributed by atoms with Gasteiger partial charge in [-0.25, -0.2) is 0 Å². The van der Waals surface area contributed by atoms with E-state index in [1.54, 1.807) is 30.2 Å². The molecule has 0 saturated carbocycles. The molecule has 0 bridgehead atoms. The molecular formula is C14H14Cl2N2O2S. The van der Waals surface area contributed by atoms with Gasteiger partial charge in [0.05, 0.1) is 22.7 Å². The highest BCUT2D eigenvalue weighted by Crippen LogP contribution is 2.32. The van der Waals surface area contributed by atoms with Crippen LogP contribution in [0.4, 0.5) is 11.4 Å². The third kappa shape index (κ3) is 4.33. The van der Waals surface area contributed by atoms with E-state index in [4.69, 9.17) is 33.4 Å². The average Bonchev–Trinajstić information content (AvgIpc) is 2.80. The van der Waals surface area contributed by atoms with Crippen LogP contribution in [0.5, 0.6) is 0 Å². The Morgan fingerprint density at radius 3 is 2.81 bits per heavy atom. The fraction of sp³-hybridized carbons (Fsp3) is 0.214. The van der Waals surface area contributed by atoms with Gasteiger partial charge < -0.3 is 15.5 Å². The van der Waals surface area contributed by atoms with Crippen LogP contribution in [-0.2, 0) is 4.79 Å². The molecule has 0 saturated heterocycles. The van der Waals surface area contributed by atoms with E-state index in [1.807, 2.05) is 13.0 Å². The summed E-state index contributed by atoms with van der Waals surface area (Å²) in [5.41, 5.74) is 6.54. The highest BCUT2D eigenvalue weighted by molar-refractivity contribution is 7.99. The number of amides is 1. The summed E-state index contributed by atoms with van der Waals surface area (Å²) >= 11 is 13.4. The van der Waals surface area contributed by atoms with Crippen LogP contribution < -0.4 is 11.1 Å². The molecule has 4 nitrogen and oxygen atoms in total. The van der Waals surface area contributed by atoms with E-state index in [0.717, 1.165) is 10.7 Å². The minimum Gasteiger partial charge on any atom is -0.468 e. The Kier molecular flexibility index (Phi) is 5.45. The molecule has 1 aromatic heterocycles. The SMILES string of the molecule is Cc1occc1SCCC(=O)Nc1c(N)cc(Cl)cc1Cl. The minimum absolute atomic E-state index is 0.153. The van der Waals surface area contributed by atoms with E-state index < -0.39 is 0 Å². The molecular weight excluding hydrogens is 331 g/mol. The van der Waals surface area contributed by atoms with Gasteiger partial charge in [0.1, 0.15) is 5.76 Å². The smallest absolute Gasteiger partial charge is 0.225 e. The first-order valence-corrected chi connectivity index (χ1v) is 7.93. The molecule has 0 spiro atoms. The standard InChI is InChI=1S/C14H14Cl2N2O2S/c1-8-12(2-4-20-8)21-5-3-13(19)18-14-10(16)6-9(15)7-11(14)17/h2,4,6-7H,3,5,17H2,1H3,(H,18,19). The molecule has 7 heteroatoms. The number of carbonyl (C=O) groups excluding carboxylic acids is 1. The largest absolute Gasteiger partial charge is 0.468 e. The number of hydrogen-bond donors (Lipinski definition) is 2. The Balaban J connectivity index is 1.89. The van der Waals surface area contributed by atoms with E-state index in [1.165, 1.54) is 0 Å². The predicted molar refractivity (Wildman–Crippen MR) is 88.3 cm³/mol. The van der Waals surface area contributed by atoms with Crippen molar-refractivity contribution in [2.75, 3.05) is 16.8 Å².